The van der Waals surface area contributed by atoms with Gasteiger partial charge in [-0.15, -0.1) is 0 Å². The van der Waals surface area contributed by atoms with Crippen LogP contribution in [-0.2, 0) is 22.1 Å². The van der Waals surface area contributed by atoms with E-state index in [1.807, 2.05) is 77.5 Å². The second kappa shape index (κ2) is 7.19. The van der Waals surface area contributed by atoms with Gasteiger partial charge < -0.3 is 19.0 Å². The molecule has 5 rings (SSSR count). The first kappa shape index (κ1) is 18.2. The van der Waals surface area contributed by atoms with Gasteiger partial charge in [0.1, 0.15) is 5.75 Å². The van der Waals surface area contributed by atoms with Crippen LogP contribution in [0.1, 0.15) is 5.56 Å². The van der Waals surface area contributed by atoms with Crippen LogP contribution in [0.4, 0.5) is 0 Å². The van der Waals surface area contributed by atoms with Crippen LogP contribution < -0.4 is 10.2 Å². The van der Waals surface area contributed by atoms with Gasteiger partial charge in [-0.2, -0.15) is 0 Å². The summed E-state index contributed by atoms with van der Waals surface area (Å²) in [6, 6.07) is 21.1. The molecule has 0 aliphatic carbocycles. The smallest absolute Gasteiger partial charge is 0.491 e. The molecule has 1 aliphatic rings. The monoisotopic (exact) mass is 403 g/mol. The maximum absolute atomic E-state index is 13.3. The summed E-state index contributed by atoms with van der Waals surface area (Å²) in [5.74, 6) is 0.729. The number of para-hydroxylation sites is 1. The highest BCUT2D eigenvalue weighted by Crippen LogP contribution is 2.30. The third-order valence-corrected chi connectivity index (χ3v) is 6.64. The van der Waals surface area contributed by atoms with Crippen LogP contribution in [0.3, 0.4) is 0 Å². The number of aromatic nitrogens is 1. The minimum absolute atomic E-state index is 0.413. The Hall–Kier alpha value is -2.87. The topological polar surface area (TPSA) is 60.7 Å². The predicted molar refractivity (Wildman–Crippen MR) is 113 cm³/mol. The van der Waals surface area contributed by atoms with Crippen molar-refractivity contribution in [2.24, 2.45) is 0 Å². The Balaban J connectivity index is 1.63. The zero-order valence-electron chi connectivity index (χ0n) is 15.7. The van der Waals surface area contributed by atoms with Gasteiger partial charge in [-0.1, -0.05) is 24.3 Å². The average Bonchev–Trinajstić information content (AvgIpc) is 3.34. The molecule has 0 amide bonds. The number of hydrogen-bond donors (Lipinski definition) is 1. The van der Waals surface area contributed by atoms with E-state index in [-0.39, 0.29) is 0 Å². The minimum Gasteiger partial charge on any atom is -0.497 e. The van der Waals surface area contributed by atoms with Crippen molar-refractivity contribution in [1.29, 1.82) is 0 Å². The second-order valence-corrected chi connectivity index (χ2v) is 8.32. The normalized spacial score (nSPS) is 14.2. The fourth-order valence-corrected chi connectivity index (χ4v) is 4.90. The molecule has 0 saturated heterocycles. The molecule has 2 heterocycles. The molecule has 3 aromatic carbocycles. The highest BCUT2D eigenvalue weighted by Gasteiger charge is 2.27. The molecule has 1 aromatic heterocycles. The van der Waals surface area contributed by atoms with Gasteiger partial charge >= 0.3 is 7.12 Å². The van der Waals surface area contributed by atoms with Gasteiger partial charge in [0.25, 0.3) is 0 Å². The standard InChI is InChI=1S/C22H18BNO4S/c1-27-17-8-10-18(11-9-17)29(26)22-13-24(21-5-3-2-4-19(21)22)16-7-6-15-14-28-23(25)20(15)12-16/h2-13,25H,14H2,1H3. The lowest BCUT2D eigenvalue weighted by molar-refractivity contribution is 0.275. The number of ether oxygens (including phenoxy) is 1. The number of nitrogens with zero attached hydrogens (tertiary/aromatic N) is 1. The van der Waals surface area contributed by atoms with E-state index in [0.717, 1.165) is 38.3 Å². The molecular weight excluding hydrogens is 385 g/mol. The molecule has 0 saturated carbocycles. The van der Waals surface area contributed by atoms with E-state index >= 15 is 0 Å². The van der Waals surface area contributed by atoms with E-state index in [9.17, 15) is 9.23 Å². The van der Waals surface area contributed by atoms with E-state index in [2.05, 4.69) is 0 Å². The summed E-state index contributed by atoms with van der Waals surface area (Å²) in [4.78, 5) is 1.45. The Labute approximate surface area is 171 Å². The highest BCUT2D eigenvalue weighted by molar-refractivity contribution is 7.85. The van der Waals surface area contributed by atoms with Gasteiger partial charge in [0.2, 0.25) is 0 Å². The number of benzene rings is 3. The molecule has 29 heavy (non-hydrogen) atoms. The molecular formula is C22H18BNO4S. The molecule has 1 atom stereocenters. The lowest BCUT2D eigenvalue weighted by Crippen LogP contribution is -2.28. The molecule has 1 unspecified atom stereocenters. The maximum Gasteiger partial charge on any atom is 0.491 e. The molecule has 0 fully saturated rings. The van der Waals surface area contributed by atoms with Crippen molar-refractivity contribution < 1.29 is 18.6 Å². The van der Waals surface area contributed by atoms with Crippen molar-refractivity contribution in [2.45, 2.75) is 16.4 Å². The number of rotatable bonds is 4. The molecule has 1 N–H and O–H groups in total. The molecule has 5 nitrogen and oxygen atoms in total. The first-order chi connectivity index (χ1) is 14.2. The molecule has 0 radical (unpaired) electrons. The lowest BCUT2D eigenvalue weighted by atomic mass is 9.79. The quantitative estimate of drug-likeness (QED) is 0.533. The SMILES string of the molecule is COc1ccc(S(=O)c2cn(-c3ccc4c(c3)B(O)OC4)c3ccccc23)cc1. The maximum atomic E-state index is 13.3. The van der Waals surface area contributed by atoms with Crippen LogP contribution in [0, 0.1) is 0 Å². The van der Waals surface area contributed by atoms with E-state index in [1.165, 1.54) is 0 Å². The van der Waals surface area contributed by atoms with Crippen LogP contribution in [0.2, 0.25) is 0 Å². The van der Waals surface area contributed by atoms with Gasteiger partial charge in [-0.3, -0.25) is 0 Å². The first-order valence-corrected chi connectivity index (χ1v) is 10.4. The lowest BCUT2D eigenvalue weighted by Gasteiger charge is -2.07. The van der Waals surface area contributed by atoms with E-state index in [0.29, 0.717) is 11.5 Å². The van der Waals surface area contributed by atoms with Gasteiger partial charge in [0, 0.05) is 22.2 Å². The van der Waals surface area contributed by atoms with Crippen LogP contribution in [0.25, 0.3) is 16.6 Å². The Bertz CT molecular complexity index is 1240. The van der Waals surface area contributed by atoms with Crippen LogP contribution in [-0.4, -0.2) is 28.0 Å². The van der Waals surface area contributed by atoms with Crippen molar-refractivity contribution in [1.82, 2.24) is 4.57 Å². The molecule has 0 spiro atoms. The van der Waals surface area contributed by atoms with Gasteiger partial charge in [-0.25, -0.2) is 4.21 Å². The van der Waals surface area contributed by atoms with Crippen molar-refractivity contribution in [3.63, 3.8) is 0 Å². The zero-order chi connectivity index (χ0) is 20.0. The summed E-state index contributed by atoms with van der Waals surface area (Å²) in [6.45, 7) is 0.413. The van der Waals surface area contributed by atoms with Crippen LogP contribution >= 0.6 is 0 Å². The highest BCUT2D eigenvalue weighted by atomic mass is 32.2. The third-order valence-electron chi connectivity index (χ3n) is 5.22. The summed E-state index contributed by atoms with van der Waals surface area (Å²) >= 11 is 0. The van der Waals surface area contributed by atoms with E-state index < -0.39 is 17.9 Å². The van der Waals surface area contributed by atoms with Crippen molar-refractivity contribution >= 4 is 34.3 Å². The average molecular weight is 403 g/mol. The van der Waals surface area contributed by atoms with Crippen LogP contribution in [0.15, 0.2) is 82.7 Å². The predicted octanol–water partition coefficient (Wildman–Crippen LogP) is 3.02. The minimum atomic E-state index is -1.34. The largest absolute Gasteiger partial charge is 0.497 e. The fraction of sp³-hybridized carbons (Fsp3) is 0.0909. The Morgan fingerprint density at radius 1 is 1.10 bits per heavy atom. The first-order valence-electron chi connectivity index (χ1n) is 9.24. The van der Waals surface area contributed by atoms with E-state index in [4.69, 9.17) is 9.39 Å². The molecule has 7 heteroatoms. The Morgan fingerprint density at radius 2 is 1.90 bits per heavy atom. The molecule has 4 aromatic rings. The Morgan fingerprint density at radius 3 is 2.69 bits per heavy atom. The number of hydrogen-bond acceptors (Lipinski definition) is 4. The van der Waals surface area contributed by atoms with E-state index in [1.54, 1.807) is 7.11 Å². The zero-order valence-corrected chi connectivity index (χ0v) is 16.6. The van der Waals surface area contributed by atoms with Crippen molar-refractivity contribution in [3.05, 3.63) is 78.5 Å². The summed E-state index contributed by atoms with van der Waals surface area (Å²) in [7, 11) is -0.635. The fourth-order valence-electron chi connectivity index (χ4n) is 3.69. The van der Waals surface area contributed by atoms with Crippen molar-refractivity contribution in [2.75, 3.05) is 7.11 Å². The van der Waals surface area contributed by atoms with Crippen molar-refractivity contribution in [3.8, 4) is 11.4 Å². The Kier molecular flexibility index (Phi) is 4.51. The molecule has 0 bridgehead atoms. The second-order valence-electron chi connectivity index (χ2n) is 6.87. The summed E-state index contributed by atoms with van der Waals surface area (Å²) in [5.41, 5.74) is 3.61. The summed E-state index contributed by atoms with van der Waals surface area (Å²) < 4.78 is 25.9. The molecule has 1 aliphatic heterocycles. The molecule has 144 valence electrons. The summed E-state index contributed by atoms with van der Waals surface area (Å²) in [6.07, 6.45) is 1.91. The van der Waals surface area contributed by atoms with Crippen LogP contribution in [0.5, 0.6) is 5.75 Å². The summed E-state index contributed by atoms with van der Waals surface area (Å²) in [5, 5.41) is 11.0. The van der Waals surface area contributed by atoms with Gasteiger partial charge in [0.15, 0.2) is 0 Å². The van der Waals surface area contributed by atoms with Gasteiger partial charge in [0.05, 0.1) is 34.9 Å². The number of methoxy groups -OCH3 is 1. The van der Waals surface area contributed by atoms with Gasteiger partial charge in [-0.05, 0) is 53.5 Å². The number of fused-ring (bicyclic) bond motifs is 2. The third kappa shape index (κ3) is 3.08.